The Morgan fingerprint density at radius 3 is 2.35 bits per heavy atom. The number of amides is 2. The highest BCUT2D eigenvalue weighted by Crippen LogP contribution is 2.09. The van der Waals surface area contributed by atoms with Gasteiger partial charge in [-0.3, -0.25) is 9.78 Å². The van der Waals surface area contributed by atoms with Crippen molar-refractivity contribution in [1.82, 2.24) is 15.6 Å². The maximum atomic E-state index is 11.4. The predicted molar refractivity (Wildman–Crippen MR) is 61.4 cm³/mol. The van der Waals surface area contributed by atoms with Gasteiger partial charge in [-0.15, -0.1) is 0 Å². The third-order valence-electron chi connectivity index (χ3n) is 2.27. The number of pyridine rings is 1. The summed E-state index contributed by atoms with van der Waals surface area (Å²) < 4.78 is 0. The van der Waals surface area contributed by atoms with Gasteiger partial charge in [0, 0.05) is 12.4 Å². The Labute approximate surface area is 99.1 Å². The lowest BCUT2D eigenvalue weighted by Gasteiger charge is -2.16. The second-order valence-corrected chi connectivity index (χ2v) is 3.68. The zero-order chi connectivity index (χ0) is 12.8. The number of hydrogen-bond donors (Lipinski definition) is 3. The van der Waals surface area contributed by atoms with Gasteiger partial charge in [-0.25, -0.2) is 4.79 Å². The van der Waals surface area contributed by atoms with E-state index in [1.54, 1.807) is 31.5 Å². The van der Waals surface area contributed by atoms with Crippen LogP contribution in [-0.2, 0) is 4.79 Å². The van der Waals surface area contributed by atoms with Crippen LogP contribution in [0.1, 0.15) is 25.5 Å². The third kappa shape index (κ3) is 4.10. The van der Waals surface area contributed by atoms with E-state index in [1.807, 2.05) is 0 Å². The summed E-state index contributed by atoms with van der Waals surface area (Å²) in [5, 5.41) is 13.6. The van der Waals surface area contributed by atoms with Gasteiger partial charge in [0.25, 0.3) is 0 Å². The number of carboxylic acids is 1. The molecule has 0 aliphatic rings. The van der Waals surface area contributed by atoms with E-state index in [9.17, 15) is 9.59 Å². The van der Waals surface area contributed by atoms with Gasteiger partial charge < -0.3 is 15.7 Å². The maximum absolute atomic E-state index is 11.4. The predicted octanol–water partition coefficient (Wildman–Crippen LogP) is 0.915. The molecule has 92 valence electrons. The van der Waals surface area contributed by atoms with Gasteiger partial charge in [0.2, 0.25) is 0 Å². The second-order valence-electron chi connectivity index (χ2n) is 3.68. The molecule has 0 spiro atoms. The van der Waals surface area contributed by atoms with Crippen LogP contribution in [0.2, 0.25) is 0 Å². The lowest BCUT2D eigenvalue weighted by molar-refractivity contribution is -0.138. The minimum absolute atomic E-state index is 0.209. The van der Waals surface area contributed by atoms with Gasteiger partial charge in [-0.1, -0.05) is 0 Å². The molecule has 0 aromatic carbocycles. The molecule has 2 amide bonds. The molecule has 2 atom stereocenters. The lowest BCUT2D eigenvalue weighted by Crippen LogP contribution is -2.45. The Morgan fingerprint density at radius 1 is 1.24 bits per heavy atom. The highest BCUT2D eigenvalue weighted by atomic mass is 16.4. The summed E-state index contributed by atoms with van der Waals surface area (Å²) >= 11 is 0. The number of nitrogens with one attached hydrogen (secondary N) is 2. The first-order valence-corrected chi connectivity index (χ1v) is 5.20. The molecule has 1 rings (SSSR count). The molecular weight excluding hydrogens is 222 g/mol. The molecule has 0 fully saturated rings. The van der Waals surface area contributed by atoms with Crippen LogP contribution in [0.5, 0.6) is 0 Å². The largest absolute Gasteiger partial charge is 0.480 e. The molecule has 6 heteroatoms. The monoisotopic (exact) mass is 237 g/mol. The summed E-state index contributed by atoms with van der Waals surface area (Å²) in [6.45, 7) is 3.21. The van der Waals surface area contributed by atoms with Gasteiger partial charge in [0.05, 0.1) is 6.04 Å². The van der Waals surface area contributed by atoms with E-state index in [0.29, 0.717) is 0 Å². The molecule has 1 aromatic heterocycles. The van der Waals surface area contributed by atoms with Crippen molar-refractivity contribution in [2.24, 2.45) is 0 Å². The number of carbonyl (C=O) groups is 2. The number of urea groups is 1. The minimum atomic E-state index is -1.07. The topological polar surface area (TPSA) is 91.3 Å². The average Bonchev–Trinajstić information content (AvgIpc) is 2.29. The fourth-order valence-electron chi connectivity index (χ4n) is 1.23. The number of carboxylic acid groups (broad SMARTS) is 1. The average molecular weight is 237 g/mol. The maximum Gasteiger partial charge on any atom is 0.325 e. The van der Waals surface area contributed by atoms with Crippen LogP contribution in [0.4, 0.5) is 4.79 Å². The number of nitrogens with zero attached hydrogens (tertiary/aromatic N) is 1. The summed E-state index contributed by atoms with van der Waals surface area (Å²) in [6, 6.07) is 1.93. The van der Waals surface area contributed by atoms with E-state index >= 15 is 0 Å². The van der Waals surface area contributed by atoms with Gasteiger partial charge >= 0.3 is 12.0 Å². The normalized spacial score (nSPS) is 13.5. The molecule has 0 bridgehead atoms. The van der Waals surface area contributed by atoms with Crippen LogP contribution in [0, 0.1) is 0 Å². The van der Waals surface area contributed by atoms with Crippen molar-refractivity contribution in [1.29, 1.82) is 0 Å². The van der Waals surface area contributed by atoms with E-state index in [2.05, 4.69) is 15.6 Å². The van der Waals surface area contributed by atoms with Crippen molar-refractivity contribution in [3.05, 3.63) is 30.1 Å². The Bertz CT molecular complexity index is 394. The molecule has 0 radical (unpaired) electrons. The van der Waals surface area contributed by atoms with Crippen molar-refractivity contribution in [3.63, 3.8) is 0 Å². The molecule has 0 aliphatic carbocycles. The summed E-state index contributed by atoms with van der Waals surface area (Å²) in [7, 11) is 0. The van der Waals surface area contributed by atoms with Crippen LogP contribution in [0.25, 0.3) is 0 Å². The SMILES string of the molecule is CC(NC(=O)N[C@@H](C)C(=O)O)c1ccncc1. The molecule has 17 heavy (non-hydrogen) atoms. The Kier molecular flexibility index (Phi) is 4.45. The molecular formula is C11H15N3O3. The standard InChI is InChI=1S/C11H15N3O3/c1-7(9-3-5-12-6-4-9)13-11(17)14-8(2)10(15)16/h3-8H,1-2H3,(H,15,16)(H2,13,14,17)/t7?,8-/m0/s1. The first kappa shape index (κ1) is 13.0. The number of aliphatic carboxylic acids is 1. The van der Waals surface area contributed by atoms with E-state index < -0.39 is 18.0 Å². The summed E-state index contributed by atoms with van der Waals surface area (Å²) in [5.41, 5.74) is 0.901. The smallest absolute Gasteiger partial charge is 0.325 e. The van der Waals surface area contributed by atoms with Crippen molar-refractivity contribution >= 4 is 12.0 Å². The number of rotatable bonds is 4. The Morgan fingerprint density at radius 2 is 1.82 bits per heavy atom. The number of carbonyl (C=O) groups excluding carboxylic acids is 1. The zero-order valence-corrected chi connectivity index (χ0v) is 9.68. The summed E-state index contributed by atoms with van der Waals surface area (Å²) in [5.74, 6) is -1.07. The molecule has 6 nitrogen and oxygen atoms in total. The van der Waals surface area contributed by atoms with Crippen LogP contribution in [0.3, 0.4) is 0 Å². The van der Waals surface area contributed by atoms with Gasteiger partial charge in [-0.05, 0) is 31.5 Å². The zero-order valence-electron chi connectivity index (χ0n) is 9.68. The first-order chi connectivity index (χ1) is 8.00. The summed E-state index contributed by atoms with van der Waals surface area (Å²) in [6.07, 6.45) is 3.26. The van der Waals surface area contributed by atoms with Crippen LogP contribution in [0.15, 0.2) is 24.5 Å². The molecule has 0 saturated heterocycles. The summed E-state index contributed by atoms with van der Waals surface area (Å²) in [4.78, 5) is 25.9. The number of hydrogen-bond acceptors (Lipinski definition) is 3. The van der Waals surface area contributed by atoms with E-state index in [0.717, 1.165) is 5.56 Å². The highest BCUT2D eigenvalue weighted by molar-refractivity contribution is 5.82. The van der Waals surface area contributed by atoms with Crippen LogP contribution >= 0.6 is 0 Å². The third-order valence-corrected chi connectivity index (χ3v) is 2.27. The van der Waals surface area contributed by atoms with Crippen molar-refractivity contribution in [3.8, 4) is 0 Å². The van der Waals surface area contributed by atoms with E-state index in [-0.39, 0.29) is 6.04 Å². The molecule has 1 aromatic rings. The van der Waals surface area contributed by atoms with E-state index in [4.69, 9.17) is 5.11 Å². The Balaban J connectivity index is 2.49. The molecule has 1 heterocycles. The first-order valence-electron chi connectivity index (χ1n) is 5.20. The fourth-order valence-corrected chi connectivity index (χ4v) is 1.23. The van der Waals surface area contributed by atoms with Crippen molar-refractivity contribution in [2.75, 3.05) is 0 Å². The lowest BCUT2D eigenvalue weighted by atomic mass is 10.1. The quantitative estimate of drug-likeness (QED) is 0.726. The minimum Gasteiger partial charge on any atom is -0.480 e. The molecule has 0 saturated carbocycles. The van der Waals surface area contributed by atoms with Crippen molar-refractivity contribution in [2.45, 2.75) is 25.9 Å². The van der Waals surface area contributed by atoms with E-state index in [1.165, 1.54) is 6.92 Å². The van der Waals surface area contributed by atoms with Crippen LogP contribution in [-0.4, -0.2) is 28.1 Å². The van der Waals surface area contributed by atoms with Gasteiger partial charge in [-0.2, -0.15) is 0 Å². The second kappa shape index (κ2) is 5.83. The number of aromatic nitrogens is 1. The Hall–Kier alpha value is -2.11. The highest BCUT2D eigenvalue weighted by Gasteiger charge is 2.15. The van der Waals surface area contributed by atoms with Crippen LogP contribution < -0.4 is 10.6 Å². The van der Waals surface area contributed by atoms with Crippen molar-refractivity contribution < 1.29 is 14.7 Å². The molecule has 0 aliphatic heterocycles. The van der Waals surface area contributed by atoms with Gasteiger partial charge in [0.1, 0.15) is 6.04 Å². The van der Waals surface area contributed by atoms with Gasteiger partial charge in [0.15, 0.2) is 0 Å². The molecule has 1 unspecified atom stereocenters. The fraction of sp³-hybridized carbons (Fsp3) is 0.364. The molecule has 3 N–H and O–H groups in total.